The van der Waals surface area contributed by atoms with E-state index >= 15 is 0 Å². The molecular formula is C18H14ClNO2. The average molecular weight is 312 g/mol. The maximum atomic E-state index is 5.89. The summed E-state index contributed by atoms with van der Waals surface area (Å²) in [5, 5.41) is 0.665. The van der Waals surface area contributed by atoms with Gasteiger partial charge in [0.15, 0.2) is 0 Å². The Balaban J connectivity index is 2.01. The van der Waals surface area contributed by atoms with Gasteiger partial charge in [-0.25, -0.2) is 4.98 Å². The lowest BCUT2D eigenvalue weighted by atomic mass is 10.1. The molecule has 1 heterocycles. The van der Waals surface area contributed by atoms with Crippen molar-refractivity contribution in [2.75, 3.05) is 7.11 Å². The molecule has 22 heavy (non-hydrogen) atoms. The van der Waals surface area contributed by atoms with Crippen LogP contribution in [-0.4, -0.2) is 12.1 Å². The van der Waals surface area contributed by atoms with E-state index in [1.54, 1.807) is 25.4 Å². The maximum Gasteiger partial charge on any atom is 0.227 e. The smallest absolute Gasteiger partial charge is 0.227 e. The molecule has 0 unspecified atom stereocenters. The third-order valence-electron chi connectivity index (χ3n) is 3.20. The predicted octanol–water partition coefficient (Wildman–Crippen LogP) is 5.20. The molecular weight excluding hydrogens is 298 g/mol. The van der Waals surface area contributed by atoms with Crippen molar-refractivity contribution >= 4 is 11.6 Å². The van der Waals surface area contributed by atoms with Crippen LogP contribution in [0.3, 0.4) is 0 Å². The number of methoxy groups -OCH3 is 1. The molecule has 0 amide bonds. The van der Waals surface area contributed by atoms with E-state index in [1.807, 2.05) is 48.5 Å². The number of pyridine rings is 1. The van der Waals surface area contributed by atoms with Crippen LogP contribution in [0.4, 0.5) is 0 Å². The van der Waals surface area contributed by atoms with Crippen LogP contribution >= 0.6 is 11.6 Å². The number of halogens is 1. The lowest BCUT2D eigenvalue weighted by molar-refractivity contribution is 0.415. The second kappa shape index (κ2) is 6.50. The van der Waals surface area contributed by atoms with E-state index in [4.69, 9.17) is 21.1 Å². The van der Waals surface area contributed by atoms with Gasteiger partial charge in [-0.15, -0.1) is 0 Å². The van der Waals surface area contributed by atoms with E-state index in [1.165, 1.54) is 0 Å². The fourth-order valence-corrected chi connectivity index (χ4v) is 2.28. The summed E-state index contributed by atoms with van der Waals surface area (Å²) in [6.07, 6.45) is 1.70. The van der Waals surface area contributed by atoms with E-state index in [2.05, 4.69) is 4.98 Å². The summed E-state index contributed by atoms with van der Waals surface area (Å²) in [5.41, 5.74) is 1.80. The Bertz CT molecular complexity index is 772. The third-order valence-corrected chi connectivity index (χ3v) is 3.45. The van der Waals surface area contributed by atoms with Crippen molar-refractivity contribution in [1.82, 2.24) is 4.98 Å². The van der Waals surface area contributed by atoms with Crippen LogP contribution in [0.25, 0.3) is 11.1 Å². The molecule has 0 fully saturated rings. The van der Waals surface area contributed by atoms with Crippen LogP contribution in [0.5, 0.6) is 17.4 Å². The quantitative estimate of drug-likeness (QED) is 0.663. The molecule has 0 aliphatic carbocycles. The molecule has 0 spiro atoms. The molecule has 2 aromatic carbocycles. The summed E-state index contributed by atoms with van der Waals surface area (Å²) in [4.78, 5) is 4.34. The van der Waals surface area contributed by atoms with E-state index in [-0.39, 0.29) is 0 Å². The first kappa shape index (κ1) is 14.4. The molecule has 0 aliphatic heterocycles. The first-order chi connectivity index (χ1) is 10.8. The first-order valence-corrected chi connectivity index (χ1v) is 7.17. The lowest BCUT2D eigenvalue weighted by Gasteiger charge is -2.12. The highest BCUT2D eigenvalue weighted by Crippen LogP contribution is 2.36. The molecule has 0 bridgehead atoms. The van der Waals surface area contributed by atoms with Gasteiger partial charge in [-0.2, -0.15) is 0 Å². The highest BCUT2D eigenvalue weighted by Gasteiger charge is 2.12. The molecule has 1 aromatic heterocycles. The van der Waals surface area contributed by atoms with Gasteiger partial charge in [0.05, 0.1) is 7.11 Å². The Hall–Kier alpha value is -2.52. The first-order valence-electron chi connectivity index (χ1n) is 6.80. The Morgan fingerprint density at radius 3 is 2.36 bits per heavy atom. The molecule has 0 N–H and O–H groups in total. The van der Waals surface area contributed by atoms with Gasteiger partial charge in [0.25, 0.3) is 0 Å². The van der Waals surface area contributed by atoms with Crippen LogP contribution in [0.2, 0.25) is 5.02 Å². The van der Waals surface area contributed by atoms with Crippen LogP contribution in [0.15, 0.2) is 66.9 Å². The summed E-state index contributed by atoms with van der Waals surface area (Å²) >= 11 is 5.89. The van der Waals surface area contributed by atoms with Crippen molar-refractivity contribution in [3.63, 3.8) is 0 Å². The van der Waals surface area contributed by atoms with E-state index in [9.17, 15) is 0 Å². The Morgan fingerprint density at radius 2 is 1.59 bits per heavy atom. The second-order valence-electron chi connectivity index (χ2n) is 4.61. The van der Waals surface area contributed by atoms with Gasteiger partial charge in [-0.3, -0.25) is 0 Å². The number of rotatable bonds is 4. The highest BCUT2D eigenvalue weighted by atomic mass is 35.5. The van der Waals surface area contributed by atoms with E-state index in [0.29, 0.717) is 16.7 Å². The number of nitrogens with zero attached hydrogens (tertiary/aromatic N) is 1. The van der Waals surface area contributed by atoms with Crippen LogP contribution in [0, 0.1) is 0 Å². The molecule has 0 saturated heterocycles. The van der Waals surface area contributed by atoms with Gasteiger partial charge in [0.2, 0.25) is 5.88 Å². The standard InChI is InChI=1S/C18H14ClNO2/c1-21-17-7-3-2-5-15(17)16-6-4-12-20-18(16)22-14-10-8-13(19)9-11-14/h2-12H,1H3. The normalized spacial score (nSPS) is 10.3. The zero-order valence-corrected chi connectivity index (χ0v) is 12.7. The van der Waals surface area contributed by atoms with E-state index in [0.717, 1.165) is 16.9 Å². The monoisotopic (exact) mass is 311 g/mol. The highest BCUT2D eigenvalue weighted by molar-refractivity contribution is 6.30. The van der Waals surface area contributed by atoms with Gasteiger partial charge >= 0.3 is 0 Å². The number of ether oxygens (including phenoxy) is 2. The third kappa shape index (κ3) is 3.05. The Kier molecular flexibility index (Phi) is 4.26. The Morgan fingerprint density at radius 1 is 0.864 bits per heavy atom. The Labute approximate surface area is 134 Å². The molecule has 3 aromatic rings. The number of benzene rings is 2. The summed E-state index contributed by atoms with van der Waals surface area (Å²) in [5.74, 6) is 1.98. The van der Waals surface area contributed by atoms with Gasteiger partial charge in [0, 0.05) is 22.3 Å². The molecule has 110 valence electrons. The second-order valence-corrected chi connectivity index (χ2v) is 5.05. The number of hydrogen-bond acceptors (Lipinski definition) is 3. The van der Waals surface area contributed by atoms with Crippen molar-refractivity contribution in [3.05, 3.63) is 71.9 Å². The minimum Gasteiger partial charge on any atom is -0.496 e. The SMILES string of the molecule is COc1ccccc1-c1cccnc1Oc1ccc(Cl)cc1. The summed E-state index contributed by atoms with van der Waals surface area (Å²) in [6, 6.07) is 18.8. The summed E-state index contributed by atoms with van der Waals surface area (Å²) in [6.45, 7) is 0. The molecule has 0 aliphatic rings. The molecule has 0 atom stereocenters. The zero-order valence-electron chi connectivity index (χ0n) is 12.0. The number of para-hydroxylation sites is 1. The largest absolute Gasteiger partial charge is 0.496 e. The number of hydrogen-bond donors (Lipinski definition) is 0. The molecule has 0 saturated carbocycles. The van der Waals surface area contributed by atoms with E-state index < -0.39 is 0 Å². The fourth-order valence-electron chi connectivity index (χ4n) is 2.16. The van der Waals surface area contributed by atoms with Crippen molar-refractivity contribution in [1.29, 1.82) is 0 Å². The molecule has 0 radical (unpaired) electrons. The van der Waals surface area contributed by atoms with Gasteiger partial charge in [-0.1, -0.05) is 29.8 Å². The van der Waals surface area contributed by atoms with Gasteiger partial charge in [0.1, 0.15) is 11.5 Å². The van der Waals surface area contributed by atoms with Crippen LogP contribution < -0.4 is 9.47 Å². The minimum atomic E-state index is 0.523. The van der Waals surface area contributed by atoms with Crippen molar-refractivity contribution in [2.24, 2.45) is 0 Å². The number of aromatic nitrogens is 1. The molecule has 3 rings (SSSR count). The van der Waals surface area contributed by atoms with Crippen LogP contribution in [-0.2, 0) is 0 Å². The average Bonchev–Trinajstić information content (AvgIpc) is 2.57. The van der Waals surface area contributed by atoms with Crippen LogP contribution in [0.1, 0.15) is 0 Å². The van der Waals surface area contributed by atoms with Crippen molar-refractivity contribution in [3.8, 4) is 28.5 Å². The summed E-state index contributed by atoms with van der Waals surface area (Å²) in [7, 11) is 1.65. The van der Waals surface area contributed by atoms with Crippen molar-refractivity contribution in [2.45, 2.75) is 0 Å². The van der Waals surface area contributed by atoms with Crippen molar-refractivity contribution < 1.29 is 9.47 Å². The van der Waals surface area contributed by atoms with Gasteiger partial charge < -0.3 is 9.47 Å². The minimum absolute atomic E-state index is 0.523. The maximum absolute atomic E-state index is 5.89. The molecule has 3 nitrogen and oxygen atoms in total. The zero-order chi connectivity index (χ0) is 15.4. The summed E-state index contributed by atoms with van der Waals surface area (Å²) < 4.78 is 11.3. The predicted molar refractivity (Wildman–Crippen MR) is 87.8 cm³/mol. The lowest BCUT2D eigenvalue weighted by Crippen LogP contribution is -1.93. The fraction of sp³-hybridized carbons (Fsp3) is 0.0556. The topological polar surface area (TPSA) is 31.4 Å². The van der Waals surface area contributed by atoms with Gasteiger partial charge in [-0.05, 0) is 42.5 Å². The molecule has 4 heteroatoms.